The summed E-state index contributed by atoms with van der Waals surface area (Å²) in [5.74, 6) is 2.31. The minimum atomic E-state index is -0.413. The summed E-state index contributed by atoms with van der Waals surface area (Å²) >= 11 is 3.79. The summed E-state index contributed by atoms with van der Waals surface area (Å²) in [5.41, 5.74) is 8.40. The first-order chi connectivity index (χ1) is 46.4. The number of carbonyl (C=O) groups is 6. The van der Waals surface area contributed by atoms with Crippen LogP contribution in [0.2, 0.25) is 0 Å². The molecular weight excluding hydrogens is 1280 g/mol. The average Bonchev–Trinajstić information content (AvgIpc) is 1.63. The van der Waals surface area contributed by atoms with Crippen LogP contribution in [0.4, 0.5) is 4.39 Å². The number of fused-ring (bicyclic) bond motifs is 3. The second-order valence-corrected chi connectivity index (χ2v) is 24.6. The van der Waals surface area contributed by atoms with E-state index in [-0.39, 0.29) is 34.6 Å². The fourth-order valence-electron chi connectivity index (χ4n) is 10.2. The van der Waals surface area contributed by atoms with Crippen molar-refractivity contribution >= 4 is 119 Å². The highest BCUT2D eigenvalue weighted by atomic mass is 32.1. The molecule has 0 amide bonds. The normalized spacial score (nSPS) is 11.1. The maximum absolute atomic E-state index is 13.6. The summed E-state index contributed by atoms with van der Waals surface area (Å²) < 4.78 is 47.9. The molecule has 96 heavy (non-hydrogen) atoms. The number of thiophene rings is 3. The second kappa shape index (κ2) is 30.8. The smallest absolute Gasteiger partial charge is 0.297 e. The number of benzene rings is 9. The third kappa shape index (κ3) is 16.0. The van der Waals surface area contributed by atoms with E-state index in [1.807, 2.05) is 88.4 Å². The largest absolute Gasteiger partial charge is 0.508 e. The van der Waals surface area contributed by atoms with Crippen molar-refractivity contribution < 1.29 is 76.9 Å². The SMILES string of the molecule is Cc1cc(F)ccc1C(=O)c1sc2cc(O)ccc2c1Oc1ccc(/C=C/OC=O)cc1.Cc1ccc(C(=O)c2sc3cc(O)ccc3c2Oc2ccc(/C=C/OC=O)cc2)c(C)c1.Cc1cccc(C)c1C(=O)c1sc2cc(O)ccc2c1Oc1ccc(/C=C/OC=O)cc1. The van der Waals surface area contributed by atoms with E-state index in [0.29, 0.717) is 101 Å². The summed E-state index contributed by atoms with van der Waals surface area (Å²) in [6.07, 6.45) is 8.77. The van der Waals surface area contributed by atoms with Crippen LogP contribution in [-0.4, -0.2) is 52.1 Å². The molecular formula is C77H57FO15S3. The Hall–Kier alpha value is -11.8. The lowest BCUT2D eigenvalue weighted by Gasteiger charge is -2.11. The Balaban J connectivity index is 0.000000157. The first-order valence-corrected chi connectivity index (χ1v) is 31.8. The van der Waals surface area contributed by atoms with E-state index in [2.05, 4.69) is 14.2 Å². The van der Waals surface area contributed by atoms with Gasteiger partial charge in [0.25, 0.3) is 19.4 Å². The molecule has 480 valence electrons. The molecule has 0 aliphatic heterocycles. The predicted octanol–water partition coefficient (Wildman–Crippen LogP) is 19.0. The maximum Gasteiger partial charge on any atom is 0.297 e. The Bertz CT molecular complexity index is 4770. The van der Waals surface area contributed by atoms with Crippen LogP contribution in [0.3, 0.4) is 0 Å². The monoisotopic (exact) mass is 1340 g/mol. The number of aromatic hydroxyl groups is 3. The fourth-order valence-corrected chi connectivity index (χ4v) is 13.5. The summed E-state index contributed by atoms with van der Waals surface area (Å²) in [6, 6.07) is 51.6. The van der Waals surface area contributed by atoms with E-state index in [4.69, 9.17) is 14.2 Å². The van der Waals surface area contributed by atoms with Crippen molar-refractivity contribution in [1.82, 2.24) is 0 Å². The average molecular weight is 1340 g/mol. The molecule has 12 aromatic rings. The molecule has 0 unspecified atom stereocenters. The van der Waals surface area contributed by atoms with Crippen molar-refractivity contribution in [1.29, 1.82) is 0 Å². The molecule has 12 rings (SSSR count). The number of hydrogen-bond acceptors (Lipinski definition) is 18. The lowest BCUT2D eigenvalue weighted by Crippen LogP contribution is -2.05. The molecule has 15 nitrogen and oxygen atoms in total. The number of ether oxygens (including phenoxy) is 6. The fraction of sp³-hybridized carbons (Fsp3) is 0.0649. The molecule has 0 saturated carbocycles. The van der Waals surface area contributed by atoms with E-state index in [9.17, 15) is 48.5 Å². The van der Waals surface area contributed by atoms with E-state index in [0.717, 1.165) is 59.1 Å². The van der Waals surface area contributed by atoms with Crippen molar-refractivity contribution in [3.8, 4) is 51.7 Å². The third-order valence-corrected chi connectivity index (χ3v) is 18.2. The second-order valence-electron chi connectivity index (χ2n) is 21.5. The number of hydrogen-bond donors (Lipinski definition) is 3. The van der Waals surface area contributed by atoms with Crippen LogP contribution >= 0.6 is 34.0 Å². The Labute approximate surface area is 561 Å². The van der Waals surface area contributed by atoms with Crippen LogP contribution < -0.4 is 14.2 Å². The number of aryl methyl sites for hydroxylation is 5. The zero-order valence-corrected chi connectivity index (χ0v) is 54.3. The van der Waals surface area contributed by atoms with Gasteiger partial charge in [-0.25, -0.2) is 4.39 Å². The first-order valence-electron chi connectivity index (χ1n) is 29.3. The molecule has 0 atom stereocenters. The molecule has 0 spiro atoms. The van der Waals surface area contributed by atoms with Gasteiger partial charge in [0, 0.05) is 46.9 Å². The summed E-state index contributed by atoms with van der Waals surface area (Å²) in [4.78, 5) is 72.4. The van der Waals surface area contributed by atoms with Crippen LogP contribution in [-0.2, 0) is 28.6 Å². The minimum Gasteiger partial charge on any atom is -0.508 e. The first kappa shape index (κ1) is 67.1. The number of ketones is 3. The molecule has 19 heteroatoms. The summed E-state index contributed by atoms with van der Waals surface area (Å²) in [6.45, 7) is 10.4. The van der Waals surface area contributed by atoms with Gasteiger partial charge in [-0.2, -0.15) is 0 Å². The number of carbonyl (C=O) groups excluding carboxylic acids is 6. The van der Waals surface area contributed by atoms with E-state index in [1.54, 1.807) is 122 Å². The van der Waals surface area contributed by atoms with E-state index in [1.165, 1.54) is 77.1 Å². The maximum atomic E-state index is 13.6. The van der Waals surface area contributed by atoms with Crippen LogP contribution in [0.1, 0.15) is 90.2 Å². The van der Waals surface area contributed by atoms with Gasteiger partial charge in [-0.05, 0) is 201 Å². The number of phenolic OH excluding ortho intramolecular Hbond substituents is 3. The van der Waals surface area contributed by atoms with Crippen molar-refractivity contribution in [2.75, 3.05) is 0 Å². The quantitative estimate of drug-likeness (QED) is 0.0264. The number of phenols is 3. The van der Waals surface area contributed by atoms with Crippen molar-refractivity contribution in [3.05, 3.63) is 282 Å². The van der Waals surface area contributed by atoms with Crippen molar-refractivity contribution in [3.63, 3.8) is 0 Å². The molecule has 0 radical (unpaired) electrons. The van der Waals surface area contributed by atoms with Gasteiger partial charge >= 0.3 is 0 Å². The molecule has 3 aromatic heterocycles. The van der Waals surface area contributed by atoms with Crippen molar-refractivity contribution in [2.24, 2.45) is 0 Å². The standard InChI is InChI=1S/2C26H20O5S.C25H17FO5S/c1-16-3-9-21(17(2)13-16)24(29)26-25(22-10-6-19(28)14-23(22)32-26)31-20-7-4-18(5-8-20)11-12-30-15-27;1-16-4-3-5-17(2)23(16)24(29)26-25(21-11-8-19(28)14-22(21)32-26)31-20-9-6-18(7-10-20)12-13-30-15-27;1-15-12-17(26)4-8-20(15)23(29)25-24(21-9-5-18(28)13-22(21)32-25)31-19-6-2-16(3-7-19)10-11-30-14-27/h2*3-15,28H,1-2H3;2-14,28H,1H3/b12-11+;13-12+;11-10+. The summed E-state index contributed by atoms with van der Waals surface area (Å²) in [7, 11) is 0. The van der Waals surface area contributed by atoms with Gasteiger partial charge in [0.15, 0.2) is 17.2 Å². The zero-order chi connectivity index (χ0) is 68.0. The molecule has 3 heterocycles. The Morgan fingerprint density at radius 1 is 0.385 bits per heavy atom. The van der Waals surface area contributed by atoms with Gasteiger partial charge < -0.3 is 43.7 Å². The molecule has 0 aliphatic carbocycles. The van der Waals surface area contributed by atoms with Crippen LogP contribution in [0.5, 0.6) is 51.7 Å². The van der Waals surface area contributed by atoms with Crippen LogP contribution in [0, 0.1) is 40.4 Å². The Kier molecular flexibility index (Phi) is 21.5. The molecule has 3 N–H and O–H groups in total. The third-order valence-electron chi connectivity index (χ3n) is 14.8. The molecule has 0 fully saturated rings. The lowest BCUT2D eigenvalue weighted by molar-refractivity contribution is -0.124. The van der Waals surface area contributed by atoms with Gasteiger partial charge in [-0.1, -0.05) is 78.4 Å². The highest BCUT2D eigenvalue weighted by Crippen LogP contribution is 2.46. The molecule has 0 saturated heterocycles. The Morgan fingerprint density at radius 2 is 0.729 bits per heavy atom. The van der Waals surface area contributed by atoms with E-state index >= 15 is 0 Å². The molecule has 9 aromatic carbocycles. The predicted molar refractivity (Wildman–Crippen MR) is 372 cm³/mol. The van der Waals surface area contributed by atoms with Gasteiger partial charge in [-0.15, -0.1) is 34.0 Å². The van der Waals surface area contributed by atoms with Crippen molar-refractivity contribution in [2.45, 2.75) is 34.6 Å². The minimum absolute atomic E-state index is 0.0796. The highest BCUT2D eigenvalue weighted by Gasteiger charge is 2.27. The van der Waals surface area contributed by atoms with Crippen LogP contribution in [0.25, 0.3) is 48.5 Å². The van der Waals surface area contributed by atoms with E-state index < -0.39 is 5.82 Å². The van der Waals surface area contributed by atoms with Crippen LogP contribution in [0.15, 0.2) is 201 Å². The van der Waals surface area contributed by atoms with Gasteiger partial charge in [-0.3, -0.25) is 28.8 Å². The number of halogens is 1. The Morgan fingerprint density at radius 3 is 1.07 bits per heavy atom. The highest BCUT2D eigenvalue weighted by molar-refractivity contribution is 7.22. The van der Waals surface area contributed by atoms with Gasteiger partial charge in [0.2, 0.25) is 17.3 Å². The zero-order valence-electron chi connectivity index (χ0n) is 51.9. The number of rotatable bonds is 21. The van der Waals surface area contributed by atoms with Gasteiger partial charge in [0.1, 0.15) is 54.9 Å². The molecule has 0 bridgehead atoms. The topological polar surface area (TPSA) is 218 Å². The molecule has 0 aliphatic rings. The lowest BCUT2D eigenvalue weighted by atomic mass is 9.98. The van der Waals surface area contributed by atoms with Gasteiger partial charge in [0.05, 0.1) is 18.8 Å². The summed E-state index contributed by atoms with van der Waals surface area (Å²) in [5, 5.41) is 31.9.